The second-order valence-electron chi connectivity index (χ2n) is 6.23. The molecule has 2 aromatic carbocycles. The minimum atomic E-state index is -0.357. The van der Waals surface area contributed by atoms with Crippen LogP contribution in [0.4, 0.5) is 5.13 Å². The molecule has 0 aliphatic heterocycles. The highest BCUT2D eigenvalue weighted by molar-refractivity contribution is 7.16. The molecule has 0 saturated carbocycles. The van der Waals surface area contributed by atoms with Crippen LogP contribution in [0.15, 0.2) is 60.7 Å². The molecule has 0 aliphatic carbocycles. The van der Waals surface area contributed by atoms with Crippen molar-refractivity contribution >= 4 is 34.4 Å². The minimum Gasteiger partial charge on any atom is -0.494 e. The number of hydrogen-bond donors (Lipinski definition) is 1. The molecule has 0 fully saturated rings. The van der Waals surface area contributed by atoms with Crippen molar-refractivity contribution in [2.24, 2.45) is 0 Å². The van der Waals surface area contributed by atoms with E-state index in [2.05, 4.69) is 10.3 Å². The average Bonchev–Trinajstić information content (AvgIpc) is 3.15. The van der Waals surface area contributed by atoms with E-state index < -0.39 is 0 Å². The predicted molar refractivity (Wildman–Crippen MR) is 119 cm³/mol. The van der Waals surface area contributed by atoms with Crippen LogP contribution in [0.3, 0.4) is 0 Å². The van der Waals surface area contributed by atoms with Crippen LogP contribution in [-0.2, 0) is 20.7 Å². The Hall–Kier alpha value is -3.45. The Morgan fingerprint density at radius 3 is 2.50 bits per heavy atom. The molecule has 6 nitrogen and oxygen atoms in total. The number of ether oxygens (including phenoxy) is 2. The van der Waals surface area contributed by atoms with Crippen LogP contribution in [-0.4, -0.2) is 30.6 Å². The molecule has 1 amide bonds. The largest absolute Gasteiger partial charge is 0.494 e. The standard InChI is InChI=1S/C23H22N2O4S/c1-3-29-18-12-9-16(10-13-18)11-14-20(26)24-23-25-22(17-7-5-4-6-8-17)19(30-23)15-21(27)28-2/h4-14H,3,15H2,1-2H3,(H,24,25,26)/b14-11+. The van der Waals surface area contributed by atoms with Crippen LogP contribution in [0.25, 0.3) is 17.3 Å². The smallest absolute Gasteiger partial charge is 0.310 e. The van der Waals surface area contributed by atoms with Crippen LogP contribution in [0.1, 0.15) is 17.4 Å². The first-order valence-corrected chi connectivity index (χ1v) is 10.2. The lowest BCUT2D eigenvalue weighted by atomic mass is 10.1. The van der Waals surface area contributed by atoms with E-state index in [1.54, 1.807) is 6.08 Å². The fraction of sp³-hybridized carbons (Fsp3) is 0.174. The van der Waals surface area contributed by atoms with Gasteiger partial charge in [0.25, 0.3) is 0 Å². The molecular formula is C23H22N2O4S. The highest BCUT2D eigenvalue weighted by atomic mass is 32.1. The molecule has 1 N–H and O–H groups in total. The van der Waals surface area contributed by atoms with Crippen molar-refractivity contribution in [2.75, 3.05) is 19.0 Å². The lowest BCUT2D eigenvalue weighted by molar-refractivity contribution is -0.139. The Bertz CT molecular complexity index is 1030. The highest BCUT2D eigenvalue weighted by Crippen LogP contribution is 2.31. The lowest BCUT2D eigenvalue weighted by Crippen LogP contribution is -2.07. The van der Waals surface area contributed by atoms with E-state index in [1.165, 1.54) is 24.5 Å². The Morgan fingerprint density at radius 2 is 1.83 bits per heavy atom. The predicted octanol–water partition coefficient (Wildman–Crippen LogP) is 4.58. The van der Waals surface area contributed by atoms with Gasteiger partial charge in [-0.05, 0) is 30.7 Å². The van der Waals surface area contributed by atoms with E-state index in [0.29, 0.717) is 17.4 Å². The lowest BCUT2D eigenvalue weighted by Gasteiger charge is -2.02. The maximum atomic E-state index is 12.3. The molecule has 0 saturated heterocycles. The molecule has 154 valence electrons. The molecule has 0 spiro atoms. The molecule has 0 radical (unpaired) electrons. The Kier molecular flexibility index (Phi) is 7.34. The molecule has 0 unspecified atom stereocenters. The molecule has 7 heteroatoms. The van der Waals surface area contributed by atoms with Crippen molar-refractivity contribution in [3.05, 3.63) is 71.1 Å². The number of amides is 1. The van der Waals surface area contributed by atoms with Gasteiger partial charge in [-0.3, -0.25) is 14.9 Å². The number of nitrogens with zero attached hydrogens (tertiary/aromatic N) is 1. The molecule has 1 aromatic heterocycles. The van der Waals surface area contributed by atoms with Crippen molar-refractivity contribution in [3.63, 3.8) is 0 Å². The summed E-state index contributed by atoms with van der Waals surface area (Å²) in [4.78, 5) is 29.4. The fourth-order valence-corrected chi connectivity index (χ4v) is 3.68. The van der Waals surface area contributed by atoms with Gasteiger partial charge in [0.05, 0.1) is 25.8 Å². The van der Waals surface area contributed by atoms with Gasteiger partial charge in [0.15, 0.2) is 5.13 Å². The number of carbonyl (C=O) groups excluding carboxylic acids is 2. The summed E-state index contributed by atoms with van der Waals surface area (Å²) in [5.74, 6) is 0.124. The van der Waals surface area contributed by atoms with Gasteiger partial charge in [-0.2, -0.15) is 0 Å². The van der Waals surface area contributed by atoms with Gasteiger partial charge >= 0.3 is 5.97 Å². The first-order chi connectivity index (χ1) is 14.6. The normalized spacial score (nSPS) is 10.7. The van der Waals surface area contributed by atoms with Crippen molar-refractivity contribution in [3.8, 4) is 17.0 Å². The van der Waals surface area contributed by atoms with Crippen LogP contribution in [0.5, 0.6) is 5.75 Å². The summed E-state index contributed by atoms with van der Waals surface area (Å²) in [5, 5.41) is 3.20. The second-order valence-corrected chi connectivity index (χ2v) is 7.32. The minimum absolute atomic E-state index is 0.0935. The summed E-state index contributed by atoms with van der Waals surface area (Å²) in [6, 6.07) is 17.0. The van der Waals surface area contributed by atoms with E-state index >= 15 is 0 Å². The summed E-state index contributed by atoms with van der Waals surface area (Å²) in [7, 11) is 1.35. The zero-order chi connectivity index (χ0) is 21.3. The fourth-order valence-electron chi connectivity index (χ4n) is 2.71. The van der Waals surface area contributed by atoms with E-state index in [9.17, 15) is 9.59 Å². The highest BCUT2D eigenvalue weighted by Gasteiger charge is 2.17. The van der Waals surface area contributed by atoms with Gasteiger partial charge in [0.1, 0.15) is 5.75 Å². The third-order valence-corrected chi connectivity index (χ3v) is 5.10. The van der Waals surface area contributed by atoms with Gasteiger partial charge in [0, 0.05) is 16.5 Å². The van der Waals surface area contributed by atoms with E-state index in [-0.39, 0.29) is 18.3 Å². The zero-order valence-electron chi connectivity index (χ0n) is 16.8. The average molecular weight is 423 g/mol. The first kappa shape index (κ1) is 21.3. The number of carbonyl (C=O) groups is 2. The number of nitrogens with one attached hydrogen (secondary N) is 1. The number of hydrogen-bond acceptors (Lipinski definition) is 6. The summed E-state index contributed by atoms with van der Waals surface area (Å²) in [6.07, 6.45) is 3.25. The summed E-state index contributed by atoms with van der Waals surface area (Å²) in [6.45, 7) is 2.53. The van der Waals surface area contributed by atoms with Crippen LogP contribution >= 0.6 is 11.3 Å². The SMILES string of the molecule is CCOc1ccc(/C=C/C(=O)Nc2nc(-c3ccccc3)c(CC(=O)OC)s2)cc1. The zero-order valence-corrected chi connectivity index (χ0v) is 17.6. The molecule has 3 aromatic rings. The summed E-state index contributed by atoms with van der Waals surface area (Å²) < 4.78 is 10.2. The van der Waals surface area contributed by atoms with E-state index in [0.717, 1.165) is 21.8 Å². The first-order valence-electron chi connectivity index (χ1n) is 9.43. The van der Waals surface area contributed by atoms with Gasteiger partial charge in [-0.25, -0.2) is 4.98 Å². The topological polar surface area (TPSA) is 77.5 Å². The van der Waals surface area contributed by atoms with Gasteiger partial charge in [-0.1, -0.05) is 42.5 Å². The number of methoxy groups -OCH3 is 1. The number of rotatable bonds is 8. The van der Waals surface area contributed by atoms with Crippen LogP contribution in [0.2, 0.25) is 0 Å². The number of aromatic nitrogens is 1. The number of esters is 1. The van der Waals surface area contributed by atoms with Crippen molar-refractivity contribution < 1.29 is 19.1 Å². The second kappa shape index (κ2) is 10.4. The third kappa shape index (κ3) is 5.78. The van der Waals surface area contributed by atoms with Crippen molar-refractivity contribution in [1.29, 1.82) is 0 Å². The Labute approximate surface area is 179 Å². The Balaban J connectivity index is 1.73. The summed E-state index contributed by atoms with van der Waals surface area (Å²) >= 11 is 1.26. The number of benzene rings is 2. The van der Waals surface area contributed by atoms with Gasteiger partial charge in [-0.15, -0.1) is 11.3 Å². The maximum Gasteiger partial charge on any atom is 0.310 e. The molecule has 0 atom stereocenters. The molecular weight excluding hydrogens is 400 g/mol. The summed E-state index contributed by atoms with van der Waals surface area (Å²) in [5.41, 5.74) is 2.42. The quantitative estimate of drug-likeness (QED) is 0.425. The van der Waals surface area contributed by atoms with E-state index in [1.807, 2.05) is 61.5 Å². The number of anilines is 1. The van der Waals surface area contributed by atoms with E-state index in [4.69, 9.17) is 9.47 Å². The molecule has 0 aliphatic rings. The van der Waals surface area contributed by atoms with Gasteiger partial charge in [0.2, 0.25) is 5.91 Å². The number of thiazole rings is 1. The Morgan fingerprint density at radius 1 is 1.10 bits per heavy atom. The van der Waals surface area contributed by atoms with Crippen LogP contribution < -0.4 is 10.1 Å². The molecule has 3 rings (SSSR count). The third-order valence-electron chi connectivity index (χ3n) is 4.13. The van der Waals surface area contributed by atoms with Crippen LogP contribution in [0, 0.1) is 0 Å². The maximum absolute atomic E-state index is 12.3. The monoisotopic (exact) mass is 422 g/mol. The van der Waals surface area contributed by atoms with Gasteiger partial charge < -0.3 is 9.47 Å². The van der Waals surface area contributed by atoms with Crippen molar-refractivity contribution in [1.82, 2.24) is 4.98 Å². The molecule has 0 bridgehead atoms. The van der Waals surface area contributed by atoms with Crippen molar-refractivity contribution in [2.45, 2.75) is 13.3 Å². The molecule has 1 heterocycles. The molecule has 30 heavy (non-hydrogen) atoms.